The molecular weight excluding hydrogens is 244 g/mol. The van der Waals surface area contributed by atoms with E-state index in [-0.39, 0.29) is 0 Å². The Morgan fingerprint density at radius 3 is 2.89 bits per heavy atom. The standard InChI is InChI=1S/C12H20N6O/c13-12(17-5-7-19-8-6-17)14-9-11-16-15-10-3-1-2-4-18(10)11/h1-9H2,(H2,13,14). The number of ether oxygens (including phenoxy) is 1. The third kappa shape index (κ3) is 2.70. The van der Waals surface area contributed by atoms with Crippen molar-refractivity contribution >= 4 is 5.96 Å². The number of morpholine rings is 1. The van der Waals surface area contributed by atoms with Crippen molar-refractivity contribution in [3.05, 3.63) is 11.6 Å². The third-order valence-corrected chi connectivity index (χ3v) is 3.65. The highest BCUT2D eigenvalue weighted by Gasteiger charge is 2.16. The number of nitrogens with two attached hydrogens (primary N) is 1. The molecule has 1 saturated heterocycles. The maximum atomic E-state index is 6.00. The maximum Gasteiger partial charge on any atom is 0.191 e. The lowest BCUT2D eigenvalue weighted by Gasteiger charge is -2.27. The Morgan fingerprint density at radius 2 is 2.05 bits per heavy atom. The summed E-state index contributed by atoms with van der Waals surface area (Å²) in [6.07, 6.45) is 3.42. The number of hydrogen-bond acceptors (Lipinski definition) is 4. The Morgan fingerprint density at radius 1 is 1.21 bits per heavy atom. The fourth-order valence-corrected chi connectivity index (χ4v) is 2.53. The highest BCUT2D eigenvalue weighted by Crippen LogP contribution is 2.14. The monoisotopic (exact) mass is 264 g/mol. The molecule has 0 saturated carbocycles. The average Bonchev–Trinajstić information content (AvgIpc) is 2.89. The van der Waals surface area contributed by atoms with Crippen molar-refractivity contribution in [2.45, 2.75) is 32.4 Å². The van der Waals surface area contributed by atoms with Gasteiger partial charge >= 0.3 is 0 Å². The van der Waals surface area contributed by atoms with E-state index in [2.05, 4.69) is 24.7 Å². The number of aromatic nitrogens is 3. The van der Waals surface area contributed by atoms with Crippen LogP contribution in [0.1, 0.15) is 24.5 Å². The number of guanidine groups is 1. The van der Waals surface area contributed by atoms with Crippen LogP contribution in [-0.2, 0) is 24.2 Å². The Hall–Kier alpha value is -1.63. The van der Waals surface area contributed by atoms with Crippen LogP contribution in [0.15, 0.2) is 4.99 Å². The Bertz CT molecular complexity index is 463. The molecule has 0 aliphatic carbocycles. The first-order valence-electron chi connectivity index (χ1n) is 6.88. The molecule has 0 unspecified atom stereocenters. The second-order valence-corrected chi connectivity index (χ2v) is 4.92. The minimum absolute atomic E-state index is 0.510. The summed E-state index contributed by atoms with van der Waals surface area (Å²) in [7, 11) is 0. The number of fused-ring (bicyclic) bond motifs is 1. The third-order valence-electron chi connectivity index (χ3n) is 3.65. The molecule has 2 aliphatic rings. The van der Waals surface area contributed by atoms with E-state index in [1.807, 2.05) is 0 Å². The van der Waals surface area contributed by atoms with Crippen LogP contribution in [0, 0.1) is 0 Å². The number of hydrogen-bond donors (Lipinski definition) is 1. The molecule has 3 rings (SSSR count). The summed E-state index contributed by atoms with van der Waals surface area (Å²) in [5.74, 6) is 2.59. The highest BCUT2D eigenvalue weighted by molar-refractivity contribution is 5.78. The summed E-state index contributed by atoms with van der Waals surface area (Å²) in [5.41, 5.74) is 6.00. The van der Waals surface area contributed by atoms with Crippen molar-refractivity contribution in [1.29, 1.82) is 0 Å². The van der Waals surface area contributed by atoms with Crippen molar-refractivity contribution < 1.29 is 4.74 Å². The smallest absolute Gasteiger partial charge is 0.191 e. The van der Waals surface area contributed by atoms with E-state index >= 15 is 0 Å². The van der Waals surface area contributed by atoms with E-state index in [4.69, 9.17) is 10.5 Å². The molecule has 0 bridgehead atoms. The summed E-state index contributed by atoms with van der Waals surface area (Å²) in [6.45, 7) is 4.58. The lowest BCUT2D eigenvalue weighted by molar-refractivity contribution is 0.0674. The summed E-state index contributed by atoms with van der Waals surface area (Å²) >= 11 is 0. The molecule has 0 radical (unpaired) electrons. The van der Waals surface area contributed by atoms with Gasteiger partial charge in [0.2, 0.25) is 0 Å². The summed E-state index contributed by atoms with van der Waals surface area (Å²) in [5, 5.41) is 8.44. The molecule has 104 valence electrons. The van der Waals surface area contributed by atoms with E-state index in [1.54, 1.807) is 0 Å². The fraction of sp³-hybridized carbons (Fsp3) is 0.750. The second kappa shape index (κ2) is 5.56. The molecular formula is C12H20N6O. The van der Waals surface area contributed by atoms with Gasteiger partial charge in [0.05, 0.1) is 13.2 Å². The first-order chi connectivity index (χ1) is 9.34. The fourth-order valence-electron chi connectivity index (χ4n) is 2.53. The van der Waals surface area contributed by atoms with Gasteiger partial charge in [0.15, 0.2) is 11.8 Å². The van der Waals surface area contributed by atoms with Gasteiger partial charge in [-0.05, 0) is 12.8 Å². The lowest BCUT2D eigenvalue weighted by atomic mass is 10.2. The van der Waals surface area contributed by atoms with Crippen LogP contribution in [0.5, 0.6) is 0 Å². The average molecular weight is 264 g/mol. The van der Waals surface area contributed by atoms with Gasteiger partial charge in [-0.3, -0.25) is 0 Å². The predicted octanol–water partition coefficient (Wildman–Crippen LogP) is -0.239. The molecule has 0 atom stereocenters. The minimum Gasteiger partial charge on any atom is -0.378 e. The van der Waals surface area contributed by atoms with Gasteiger partial charge in [0.25, 0.3) is 0 Å². The van der Waals surface area contributed by atoms with E-state index in [0.29, 0.717) is 12.5 Å². The van der Waals surface area contributed by atoms with Crippen LogP contribution in [0.4, 0.5) is 0 Å². The molecule has 1 aromatic heterocycles. The highest BCUT2D eigenvalue weighted by atomic mass is 16.5. The van der Waals surface area contributed by atoms with Crippen molar-refractivity contribution in [3.8, 4) is 0 Å². The van der Waals surface area contributed by atoms with E-state index in [9.17, 15) is 0 Å². The summed E-state index contributed by atoms with van der Waals surface area (Å²) < 4.78 is 7.48. The van der Waals surface area contributed by atoms with Gasteiger partial charge in [0, 0.05) is 26.1 Å². The topological polar surface area (TPSA) is 81.6 Å². The minimum atomic E-state index is 0.510. The van der Waals surface area contributed by atoms with E-state index in [1.165, 1.54) is 12.8 Å². The molecule has 7 heteroatoms. The first kappa shape index (κ1) is 12.4. The van der Waals surface area contributed by atoms with Gasteiger partial charge in [-0.15, -0.1) is 10.2 Å². The van der Waals surface area contributed by atoms with Gasteiger partial charge in [-0.1, -0.05) is 0 Å². The van der Waals surface area contributed by atoms with Crippen molar-refractivity contribution in [1.82, 2.24) is 19.7 Å². The van der Waals surface area contributed by atoms with Gasteiger partial charge < -0.3 is 19.9 Å². The molecule has 3 heterocycles. The van der Waals surface area contributed by atoms with Crippen molar-refractivity contribution in [2.24, 2.45) is 10.7 Å². The molecule has 7 nitrogen and oxygen atoms in total. The molecule has 1 aromatic rings. The molecule has 0 aromatic carbocycles. The summed E-state index contributed by atoms with van der Waals surface area (Å²) in [4.78, 5) is 6.49. The van der Waals surface area contributed by atoms with Crippen LogP contribution in [0.2, 0.25) is 0 Å². The number of aliphatic imine (C=N–C) groups is 1. The zero-order valence-corrected chi connectivity index (χ0v) is 11.1. The molecule has 19 heavy (non-hydrogen) atoms. The largest absolute Gasteiger partial charge is 0.378 e. The van der Waals surface area contributed by atoms with Crippen LogP contribution < -0.4 is 5.73 Å². The Kier molecular flexibility index (Phi) is 3.63. The molecule has 2 N–H and O–H groups in total. The summed E-state index contributed by atoms with van der Waals surface area (Å²) in [6, 6.07) is 0. The van der Waals surface area contributed by atoms with Gasteiger partial charge in [-0.2, -0.15) is 0 Å². The Balaban J connectivity index is 1.66. The lowest BCUT2D eigenvalue weighted by Crippen LogP contribution is -2.44. The second-order valence-electron chi connectivity index (χ2n) is 4.92. The number of aryl methyl sites for hydroxylation is 1. The quantitative estimate of drug-likeness (QED) is 0.589. The van der Waals surface area contributed by atoms with Crippen LogP contribution in [0.25, 0.3) is 0 Å². The predicted molar refractivity (Wildman–Crippen MR) is 70.7 cm³/mol. The SMILES string of the molecule is NC(=NCc1nnc2n1CCCC2)N1CCOCC1. The molecule has 1 fully saturated rings. The van der Waals surface area contributed by atoms with Crippen LogP contribution >= 0.6 is 0 Å². The Labute approximate surface area is 112 Å². The van der Waals surface area contributed by atoms with Crippen LogP contribution in [-0.4, -0.2) is 51.9 Å². The maximum absolute atomic E-state index is 6.00. The first-order valence-corrected chi connectivity index (χ1v) is 6.88. The number of rotatable bonds is 2. The van der Waals surface area contributed by atoms with Gasteiger partial charge in [-0.25, -0.2) is 4.99 Å². The van der Waals surface area contributed by atoms with E-state index < -0.39 is 0 Å². The van der Waals surface area contributed by atoms with Crippen molar-refractivity contribution in [2.75, 3.05) is 26.3 Å². The number of nitrogens with zero attached hydrogens (tertiary/aromatic N) is 5. The van der Waals surface area contributed by atoms with Crippen LogP contribution in [0.3, 0.4) is 0 Å². The van der Waals surface area contributed by atoms with Gasteiger partial charge in [0.1, 0.15) is 12.4 Å². The molecule has 0 amide bonds. The van der Waals surface area contributed by atoms with Crippen molar-refractivity contribution in [3.63, 3.8) is 0 Å². The zero-order chi connectivity index (χ0) is 13.1. The molecule has 0 spiro atoms. The molecule has 2 aliphatic heterocycles. The van der Waals surface area contributed by atoms with E-state index in [0.717, 1.165) is 50.9 Å². The normalized spacial score (nSPS) is 20.4. The zero-order valence-electron chi connectivity index (χ0n) is 11.1.